The average Bonchev–Trinajstić information content (AvgIpc) is 2.98. The number of aromatic nitrogens is 4. The van der Waals surface area contributed by atoms with Crippen molar-refractivity contribution in [3.63, 3.8) is 0 Å². The largest absolute Gasteiger partial charge is 0.475 e. The lowest BCUT2D eigenvalue weighted by molar-refractivity contribution is -0.840. The van der Waals surface area contributed by atoms with Crippen molar-refractivity contribution in [2.45, 2.75) is 0 Å². The number of hydrogen-bond acceptors (Lipinski definition) is 4. The molecule has 0 amide bonds. The van der Waals surface area contributed by atoms with Crippen LogP contribution in [0.5, 0.6) is 0 Å². The Labute approximate surface area is 259 Å². The normalized spacial score (nSPS) is 10.6. The molecule has 0 aliphatic heterocycles. The molecule has 0 fully saturated rings. The first-order chi connectivity index (χ1) is 20.0. The first-order valence-electron chi connectivity index (χ1n) is 13.5. The van der Waals surface area contributed by atoms with E-state index in [1.54, 1.807) is 0 Å². The highest BCUT2D eigenvalue weighted by Gasteiger charge is 2.37. The minimum Gasteiger partial charge on any atom is -0.377 e. The van der Waals surface area contributed by atoms with Crippen molar-refractivity contribution in [3.05, 3.63) is 120 Å². The molecule has 4 rings (SSSR count). The van der Waals surface area contributed by atoms with E-state index in [9.17, 15) is 0 Å². The topological polar surface area (TPSA) is 28.5 Å². The summed E-state index contributed by atoms with van der Waals surface area (Å²) in [4.78, 5) is 8.23. The minimum atomic E-state index is 0.380. The van der Waals surface area contributed by atoms with Crippen molar-refractivity contribution < 1.29 is 18.3 Å². The Morgan fingerprint density at radius 2 is 0.548 bits per heavy atom. The van der Waals surface area contributed by atoms with Crippen molar-refractivity contribution >= 4 is 46.0 Å². The number of hydrogen-bond donors (Lipinski definition) is 0. The number of nitrogens with zero attached hydrogens (tertiary/aromatic N) is 8. The molecule has 0 aliphatic carbocycles. The van der Waals surface area contributed by atoms with Crippen LogP contribution in [0, 0.1) is 11.6 Å². The summed E-state index contributed by atoms with van der Waals surface area (Å²) in [7, 11) is 16.1. The third-order valence-electron chi connectivity index (χ3n) is 6.88. The van der Waals surface area contributed by atoms with Gasteiger partial charge in [-0.3, -0.25) is 0 Å². The predicted octanol–water partition coefficient (Wildman–Crippen LogP) is 3.26. The SMILES string of the molecule is CN(C)c1cc[n+](C(=C(Cl)C(Cl)=C([n+]2ccc(N(C)C)cc2)[n+]2ccc(N(C)C)cc2)[n+]2ccc(N(C)C)cc2)cc1. The fourth-order valence-electron chi connectivity index (χ4n) is 4.35. The lowest BCUT2D eigenvalue weighted by Gasteiger charge is -2.12. The molecular weight excluding hydrogens is 567 g/mol. The van der Waals surface area contributed by atoms with Crippen molar-refractivity contribution in [3.8, 4) is 0 Å². The van der Waals surface area contributed by atoms with Crippen LogP contribution in [0.1, 0.15) is 0 Å². The van der Waals surface area contributed by atoms with E-state index in [0.29, 0.717) is 21.7 Å². The van der Waals surface area contributed by atoms with Crippen LogP contribution in [0.3, 0.4) is 0 Å². The zero-order valence-electron chi connectivity index (χ0n) is 25.6. The quantitative estimate of drug-likeness (QED) is 0.216. The van der Waals surface area contributed by atoms with Gasteiger partial charge in [0.05, 0.1) is 0 Å². The first kappa shape index (κ1) is 30.8. The monoisotopic (exact) mass is 606 g/mol. The summed E-state index contributed by atoms with van der Waals surface area (Å²) < 4.78 is 7.91. The van der Waals surface area contributed by atoms with Gasteiger partial charge in [-0.15, -0.1) is 18.3 Å². The molecule has 8 nitrogen and oxygen atoms in total. The summed E-state index contributed by atoms with van der Waals surface area (Å²) in [5, 5.41) is 0.760. The van der Waals surface area contributed by atoms with E-state index in [4.69, 9.17) is 23.2 Å². The second-order valence-electron chi connectivity index (χ2n) is 10.7. The number of halogens is 2. The molecule has 0 aromatic carbocycles. The van der Waals surface area contributed by atoms with Crippen LogP contribution in [0.25, 0.3) is 0 Å². The van der Waals surface area contributed by atoms with Gasteiger partial charge in [-0.25, -0.2) is 0 Å². The fourth-order valence-corrected chi connectivity index (χ4v) is 4.91. The summed E-state index contributed by atoms with van der Waals surface area (Å²) in [6, 6.07) is 16.3. The van der Waals surface area contributed by atoms with Gasteiger partial charge in [-0.1, -0.05) is 23.2 Å². The molecule has 0 saturated heterocycles. The van der Waals surface area contributed by atoms with Crippen LogP contribution < -0.4 is 37.9 Å². The maximum Gasteiger partial charge on any atom is 0.475 e. The van der Waals surface area contributed by atoms with Crippen molar-refractivity contribution in [2.24, 2.45) is 0 Å². The molecule has 0 saturated carbocycles. The number of allylic oxidation sites excluding steroid dienone is 2. The summed E-state index contributed by atoms with van der Waals surface area (Å²) in [6.45, 7) is 0. The average molecular weight is 608 g/mol. The predicted molar refractivity (Wildman–Crippen MR) is 171 cm³/mol. The van der Waals surface area contributed by atoms with Gasteiger partial charge in [0.2, 0.25) is 10.1 Å². The second kappa shape index (κ2) is 13.2. The molecule has 4 aromatic rings. The van der Waals surface area contributed by atoms with Gasteiger partial charge in [0, 0.05) is 128 Å². The second-order valence-corrected chi connectivity index (χ2v) is 11.5. The first-order valence-corrected chi connectivity index (χ1v) is 14.3. The Morgan fingerprint density at radius 1 is 0.381 bits per heavy atom. The molecular formula is C32H40Cl2N8+4. The van der Waals surface area contributed by atoms with Crippen LogP contribution in [-0.4, -0.2) is 56.4 Å². The Bertz CT molecular complexity index is 1330. The Hall–Kier alpha value is -4.14. The molecule has 4 aromatic heterocycles. The molecule has 0 N–H and O–H groups in total. The summed E-state index contributed by atoms with van der Waals surface area (Å²) in [6.07, 6.45) is 15.9. The zero-order chi connectivity index (χ0) is 30.6. The van der Waals surface area contributed by atoms with Gasteiger partial charge in [-0.05, 0) is 0 Å². The molecule has 0 atom stereocenters. The highest BCUT2D eigenvalue weighted by atomic mass is 35.5. The van der Waals surface area contributed by atoms with Crippen molar-refractivity contribution in [1.82, 2.24) is 0 Å². The molecule has 0 unspecified atom stereocenters. The summed E-state index contributed by atoms with van der Waals surface area (Å²) >= 11 is 14.6. The van der Waals surface area contributed by atoms with Crippen LogP contribution in [0.4, 0.5) is 22.7 Å². The van der Waals surface area contributed by atoms with E-state index >= 15 is 0 Å². The Kier molecular flexibility index (Phi) is 9.70. The van der Waals surface area contributed by atoms with Crippen molar-refractivity contribution in [2.75, 3.05) is 76.0 Å². The number of anilines is 4. The van der Waals surface area contributed by atoms with Gasteiger partial charge in [-0.2, -0.15) is 0 Å². The maximum absolute atomic E-state index is 7.31. The third-order valence-corrected chi connectivity index (χ3v) is 7.69. The third kappa shape index (κ3) is 6.83. The molecule has 218 valence electrons. The van der Waals surface area contributed by atoms with Crippen LogP contribution >= 0.6 is 23.2 Å². The van der Waals surface area contributed by atoms with Gasteiger partial charge < -0.3 is 19.6 Å². The van der Waals surface area contributed by atoms with Gasteiger partial charge >= 0.3 is 11.6 Å². The Morgan fingerprint density at radius 3 is 0.690 bits per heavy atom. The lowest BCUT2D eigenvalue weighted by Crippen LogP contribution is -2.55. The highest BCUT2D eigenvalue weighted by molar-refractivity contribution is 6.43. The fraction of sp³-hybridized carbons (Fsp3) is 0.250. The van der Waals surface area contributed by atoms with Crippen molar-refractivity contribution in [1.29, 1.82) is 0 Å². The molecule has 0 bridgehead atoms. The summed E-state index contributed by atoms with van der Waals surface area (Å²) in [5.74, 6) is 1.37. The highest BCUT2D eigenvalue weighted by Crippen LogP contribution is 2.23. The molecule has 42 heavy (non-hydrogen) atoms. The van der Waals surface area contributed by atoms with E-state index in [0.717, 1.165) is 22.7 Å². The molecule has 0 aliphatic rings. The van der Waals surface area contributed by atoms with E-state index in [1.807, 2.05) is 173 Å². The zero-order valence-corrected chi connectivity index (χ0v) is 27.1. The number of pyridine rings is 4. The van der Waals surface area contributed by atoms with E-state index in [-0.39, 0.29) is 0 Å². The molecule has 4 heterocycles. The van der Waals surface area contributed by atoms with Crippen LogP contribution in [0.15, 0.2) is 108 Å². The minimum absolute atomic E-state index is 0.380. The maximum atomic E-state index is 7.31. The van der Waals surface area contributed by atoms with E-state index in [2.05, 4.69) is 19.6 Å². The summed E-state index contributed by atoms with van der Waals surface area (Å²) in [5.41, 5.74) is 4.30. The standard InChI is InChI=1S/C32H40Cl2N8/c1-35(2)25-9-17-39(18-10-25)31(40-19-11-26(12-20-40)36(3)4)29(33)30(34)32(41-21-13-27(14-22-41)37(5)6)42-23-15-28(16-24-42)38(7)8/h9-24H,1-8H3/q+4. The van der Waals surface area contributed by atoms with Gasteiger partial charge in [0.25, 0.3) is 0 Å². The van der Waals surface area contributed by atoms with Crippen LogP contribution in [-0.2, 0) is 0 Å². The van der Waals surface area contributed by atoms with E-state index < -0.39 is 0 Å². The van der Waals surface area contributed by atoms with Gasteiger partial charge in [0.15, 0.2) is 49.6 Å². The smallest absolute Gasteiger partial charge is 0.377 e. The van der Waals surface area contributed by atoms with Gasteiger partial charge in [0.1, 0.15) is 0 Å². The molecule has 10 heteroatoms. The molecule has 0 spiro atoms. The Balaban J connectivity index is 1.99. The number of rotatable bonds is 9. The lowest BCUT2D eigenvalue weighted by atomic mass is 10.3. The van der Waals surface area contributed by atoms with Crippen LogP contribution in [0.2, 0.25) is 0 Å². The van der Waals surface area contributed by atoms with E-state index in [1.165, 1.54) is 0 Å². The molecule has 0 radical (unpaired) electrons.